The Morgan fingerprint density at radius 1 is 1.27 bits per heavy atom. The first kappa shape index (κ1) is 13.3. The molecule has 0 aromatic carbocycles. The van der Waals surface area contributed by atoms with Gasteiger partial charge in [-0.05, 0) is 50.7 Å². The highest BCUT2D eigenvalue weighted by Crippen LogP contribution is 2.36. The minimum atomic E-state index is 0.215. The molecule has 0 spiro atoms. The molecule has 0 bridgehead atoms. The van der Waals surface area contributed by atoms with Crippen LogP contribution in [-0.2, 0) is 12.8 Å². The lowest BCUT2D eigenvalue weighted by Crippen LogP contribution is -2.25. The van der Waals surface area contributed by atoms with Gasteiger partial charge in [0, 0.05) is 18.4 Å². The number of hydrogen-bond acceptors (Lipinski definition) is 4. The van der Waals surface area contributed by atoms with Crippen molar-refractivity contribution < 1.29 is 0 Å². The molecule has 1 aliphatic carbocycles. The Bertz CT molecular complexity index is 703. The summed E-state index contributed by atoms with van der Waals surface area (Å²) in [6.07, 6.45) is 8.63. The molecule has 1 aliphatic heterocycles. The maximum absolute atomic E-state index is 9.33. The molecule has 2 aromatic heterocycles. The predicted molar refractivity (Wildman–Crippen MR) is 83.5 cm³/mol. The maximum atomic E-state index is 9.33. The Morgan fingerprint density at radius 3 is 3.05 bits per heavy atom. The Kier molecular flexibility index (Phi) is 3.30. The monoisotopic (exact) mass is 293 g/mol. The number of hydrogen-bond donors (Lipinski definition) is 1. The van der Waals surface area contributed by atoms with Crippen molar-refractivity contribution in [3.63, 3.8) is 0 Å². The maximum Gasteiger partial charge on any atom is 0.147 e. The van der Waals surface area contributed by atoms with E-state index in [0.29, 0.717) is 5.56 Å². The van der Waals surface area contributed by atoms with E-state index in [1.165, 1.54) is 24.2 Å². The zero-order chi connectivity index (χ0) is 14.9. The number of H-pyrrole nitrogens is 1. The number of pyridine rings is 1. The van der Waals surface area contributed by atoms with Gasteiger partial charge in [-0.1, -0.05) is 0 Å². The van der Waals surface area contributed by atoms with Crippen LogP contribution in [0.15, 0.2) is 18.3 Å². The fourth-order valence-corrected chi connectivity index (χ4v) is 3.65. The van der Waals surface area contributed by atoms with Crippen molar-refractivity contribution in [2.45, 2.75) is 44.6 Å². The van der Waals surface area contributed by atoms with Crippen LogP contribution in [0.1, 0.15) is 54.5 Å². The van der Waals surface area contributed by atoms with Crippen molar-refractivity contribution in [3.8, 4) is 6.07 Å². The van der Waals surface area contributed by atoms with E-state index in [0.717, 1.165) is 43.9 Å². The van der Waals surface area contributed by atoms with Gasteiger partial charge in [-0.3, -0.25) is 0 Å². The third-order valence-electron chi connectivity index (χ3n) is 4.72. The van der Waals surface area contributed by atoms with Crippen molar-refractivity contribution in [3.05, 3.63) is 41.1 Å². The zero-order valence-corrected chi connectivity index (χ0v) is 12.5. The van der Waals surface area contributed by atoms with E-state index in [4.69, 9.17) is 4.98 Å². The first-order chi connectivity index (χ1) is 10.9. The number of nitriles is 1. The van der Waals surface area contributed by atoms with Crippen LogP contribution in [0.4, 0.5) is 5.82 Å². The van der Waals surface area contributed by atoms with Crippen LogP contribution in [0.2, 0.25) is 0 Å². The Hall–Kier alpha value is -2.35. The lowest BCUT2D eigenvalue weighted by molar-refractivity contribution is 0.667. The summed E-state index contributed by atoms with van der Waals surface area (Å²) in [6.45, 7) is 0.932. The quantitative estimate of drug-likeness (QED) is 0.924. The molecule has 22 heavy (non-hydrogen) atoms. The summed E-state index contributed by atoms with van der Waals surface area (Å²) >= 11 is 0. The van der Waals surface area contributed by atoms with Gasteiger partial charge in [0.1, 0.15) is 17.7 Å². The molecule has 1 saturated heterocycles. The molecule has 4 rings (SSSR count). The van der Waals surface area contributed by atoms with Crippen LogP contribution in [0.3, 0.4) is 0 Å². The average Bonchev–Trinajstić information content (AvgIpc) is 3.20. The van der Waals surface area contributed by atoms with E-state index >= 15 is 0 Å². The van der Waals surface area contributed by atoms with Crippen LogP contribution < -0.4 is 4.90 Å². The largest absolute Gasteiger partial charge is 0.345 e. The number of nitrogens with zero attached hydrogens (tertiary/aromatic N) is 4. The Morgan fingerprint density at radius 2 is 2.18 bits per heavy atom. The van der Waals surface area contributed by atoms with Gasteiger partial charge in [-0.15, -0.1) is 0 Å². The van der Waals surface area contributed by atoms with Gasteiger partial charge < -0.3 is 9.88 Å². The molecule has 1 unspecified atom stereocenters. The number of fused-ring (bicyclic) bond motifs is 1. The van der Waals surface area contributed by atoms with E-state index in [9.17, 15) is 5.26 Å². The molecule has 1 N–H and O–H groups in total. The standard InChI is InChI=1S/C17H19N5/c18-11-12-5-3-9-19-17(12)22-10-4-8-15(22)16-20-13-6-1-2-7-14(13)21-16/h3,5,9,15H,1-2,4,6-8,10H2,(H,20,21). The minimum Gasteiger partial charge on any atom is -0.345 e. The van der Waals surface area contributed by atoms with E-state index in [1.807, 2.05) is 12.1 Å². The normalized spacial score (nSPS) is 20.7. The molecule has 2 aliphatic rings. The number of aromatic amines is 1. The highest BCUT2D eigenvalue weighted by Gasteiger charge is 2.31. The second-order valence-electron chi connectivity index (χ2n) is 6.09. The lowest BCUT2D eigenvalue weighted by Gasteiger charge is -2.24. The topological polar surface area (TPSA) is 68.6 Å². The van der Waals surface area contributed by atoms with Gasteiger partial charge in [0.25, 0.3) is 0 Å². The van der Waals surface area contributed by atoms with Crippen molar-refractivity contribution in [2.24, 2.45) is 0 Å². The van der Waals surface area contributed by atoms with Gasteiger partial charge in [0.2, 0.25) is 0 Å². The van der Waals surface area contributed by atoms with Gasteiger partial charge >= 0.3 is 0 Å². The molecule has 1 fully saturated rings. The van der Waals surface area contributed by atoms with Crippen LogP contribution in [0.5, 0.6) is 0 Å². The Labute approximate surface area is 130 Å². The summed E-state index contributed by atoms with van der Waals surface area (Å²) in [5, 5.41) is 9.33. The number of aryl methyl sites for hydroxylation is 2. The first-order valence-electron chi connectivity index (χ1n) is 8.06. The second kappa shape index (κ2) is 5.45. The number of anilines is 1. The lowest BCUT2D eigenvalue weighted by atomic mass is 10.0. The molecular weight excluding hydrogens is 274 g/mol. The molecule has 2 aromatic rings. The summed E-state index contributed by atoms with van der Waals surface area (Å²) in [7, 11) is 0. The van der Waals surface area contributed by atoms with Crippen LogP contribution in [0, 0.1) is 11.3 Å². The summed E-state index contributed by atoms with van der Waals surface area (Å²) < 4.78 is 0. The molecule has 112 valence electrons. The first-order valence-corrected chi connectivity index (χ1v) is 8.06. The zero-order valence-electron chi connectivity index (χ0n) is 12.5. The third-order valence-corrected chi connectivity index (χ3v) is 4.72. The van der Waals surface area contributed by atoms with Crippen molar-refractivity contribution >= 4 is 5.82 Å². The van der Waals surface area contributed by atoms with Gasteiger partial charge in [-0.2, -0.15) is 5.26 Å². The number of imidazole rings is 1. The van der Waals surface area contributed by atoms with Gasteiger partial charge in [-0.25, -0.2) is 9.97 Å². The van der Waals surface area contributed by atoms with Crippen molar-refractivity contribution in [2.75, 3.05) is 11.4 Å². The molecule has 0 amide bonds. The summed E-state index contributed by atoms with van der Waals surface area (Å²) in [4.78, 5) is 15.1. The van der Waals surface area contributed by atoms with E-state index in [2.05, 4.69) is 20.9 Å². The molecule has 1 atom stereocenters. The predicted octanol–water partition coefficient (Wildman–Crippen LogP) is 2.90. The van der Waals surface area contributed by atoms with Crippen LogP contribution in [-0.4, -0.2) is 21.5 Å². The molecule has 3 heterocycles. The molecule has 0 saturated carbocycles. The average molecular weight is 293 g/mol. The van der Waals surface area contributed by atoms with Gasteiger partial charge in [0.15, 0.2) is 0 Å². The fraction of sp³-hybridized carbons (Fsp3) is 0.471. The van der Waals surface area contributed by atoms with E-state index < -0.39 is 0 Å². The van der Waals surface area contributed by atoms with Crippen LogP contribution >= 0.6 is 0 Å². The smallest absolute Gasteiger partial charge is 0.147 e. The summed E-state index contributed by atoms with van der Waals surface area (Å²) in [5.41, 5.74) is 3.20. The molecular formula is C17H19N5. The highest BCUT2D eigenvalue weighted by molar-refractivity contribution is 5.55. The number of rotatable bonds is 2. The SMILES string of the molecule is N#Cc1cccnc1N1CCCC1c1nc2c([nH]1)CCCC2. The molecule has 5 nitrogen and oxygen atoms in total. The van der Waals surface area contributed by atoms with Gasteiger partial charge in [0.05, 0.1) is 17.3 Å². The molecule has 0 radical (unpaired) electrons. The third kappa shape index (κ3) is 2.16. The van der Waals surface area contributed by atoms with E-state index in [1.54, 1.807) is 6.20 Å². The van der Waals surface area contributed by atoms with E-state index in [-0.39, 0.29) is 6.04 Å². The Balaban J connectivity index is 1.69. The molecule has 5 heteroatoms. The van der Waals surface area contributed by atoms with Crippen molar-refractivity contribution in [1.82, 2.24) is 15.0 Å². The second-order valence-corrected chi connectivity index (χ2v) is 6.09. The highest BCUT2D eigenvalue weighted by atomic mass is 15.3. The number of nitrogens with one attached hydrogen (secondary N) is 1. The minimum absolute atomic E-state index is 0.215. The van der Waals surface area contributed by atoms with Crippen LogP contribution in [0.25, 0.3) is 0 Å². The number of aromatic nitrogens is 3. The van der Waals surface area contributed by atoms with Crippen molar-refractivity contribution in [1.29, 1.82) is 5.26 Å². The fourth-order valence-electron chi connectivity index (χ4n) is 3.65. The summed E-state index contributed by atoms with van der Waals surface area (Å²) in [6, 6.07) is 6.13. The summed E-state index contributed by atoms with van der Waals surface area (Å²) in [5.74, 6) is 1.85.